The number of Topliss-reactive ketones (excluding diaryl/α,β-unsaturated/α-hetero) is 1. The van der Waals surface area contributed by atoms with Crippen LogP contribution < -0.4 is 10.6 Å². The lowest BCUT2D eigenvalue weighted by Crippen LogP contribution is -2.14. The zero-order chi connectivity index (χ0) is 18.5. The van der Waals surface area contributed by atoms with Gasteiger partial charge in [-0.25, -0.2) is 4.98 Å². The molecule has 0 fully saturated rings. The molecule has 3 rings (SSSR count). The highest BCUT2D eigenvalue weighted by Crippen LogP contribution is 2.18. The Kier molecular flexibility index (Phi) is 5.08. The number of aromatic nitrogens is 1. The van der Waals surface area contributed by atoms with E-state index in [1.807, 2.05) is 43.3 Å². The summed E-state index contributed by atoms with van der Waals surface area (Å²) in [5.41, 5.74) is 4.37. The van der Waals surface area contributed by atoms with Crippen LogP contribution in [0.3, 0.4) is 0 Å². The number of nitrogens with one attached hydrogen (secondary N) is 2. The van der Waals surface area contributed by atoms with Crippen LogP contribution in [0.4, 0.5) is 17.1 Å². The van der Waals surface area contributed by atoms with E-state index in [4.69, 9.17) is 0 Å². The number of rotatable bonds is 5. The standard InChI is InChI=1S/C21H19N3O2/c1-14-5-3-4-6-19(14)24-21(26)20-12-11-18(13-22-20)23-17-9-7-16(8-10-17)15(2)25/h3-13,23H,1-2H3,(H,24,26). The van der Waals surface area contributed by atoms with Gasteiger partial charge >= 0.3 is 0 Å². The molecular weight excluding hydrogens is 326 g/mol. The molecule has 0 saturated carbocycles. The largest absolute Gasteiger partial charge is 0.354 e. The molecule has 0 saturated heterocycles. The van der Waals surface area contributed by atoms with E-state index in [0.29, 0.717) is 11.3 Å². The molecule has 5 heteroatoms. The van der Waals surface area contributed by atoms with E-state index in [2.05, 4.69) is 15.6 Å². The lowest BCUT2D eigenvalue weighted by atomic mass is 10.1. The number of nitrogens with zero attached hydrogens (tertiary/aromatic N) is 1. The summed E-state index contributed by atoms with van der Waals surface area (Å²) in [5.74, 6) is -0.223. The van der Waals surface area contributed by atoms with Gasteiger partial charge in [-0.1, -0.05) is 18.2 Å². The molecule has 1 amide bonds. The van der Waals surface area contributed by atoms with E-state index in [9.17, 15) is 9.59 Å². The van der Waals surface area contributed by atoms with Crippen LogP contribution in [0.25, 0.3) is 0 Å². The molecule has 0 atom stereocenters. The van der Waals surface area contributed by atoms with Crippen molar-refractivity contribution >= 4 is 28.8 Å². The maximum Gasteiger partial charge on any atom is 0.274 e. The minimum absolute atomic E-state index is 0.0298. The predicted octanol–water partition coefficient (Wildman–Crippen LogP) is 4.59. The van der Waals surface area contributed by atoms with Crippen molar-refractivity contribution in [3.05, 3.63) is 83.7 Å². The summed E-state index contributed by atoms with van der Waals surface area (Å²) in [4.78, 5) is 27.8. The highest BCUT2D eigenvalue weighted by atomic mass is 16.2. The van der Waals surface area contributed by atoms with Gasteiger partial charge in [0.25, 0.3) is 5.91 Å². The van der Waals surface area contributed by atoms with Crippen molar-refractivity contribution in [2.45, 2.75) is 13.8 Å². The topological polar surface area (TPSA) is 71.1 Å². The first-order valence-corrected chi connectivity index (χ1v) is 8.24. The minimum Gasteiger partial charge on any atom is -0.354 e. The van der Waals surface area contributed by atoms with Crippen LogP contribution in [0.15, 0.2) is 66.9 Å². The SMILES string of the molecule is CC(=O)c1ccc(Nc2ccc(C(=O)Nc3ccccc3C)nc2)cc1. The number of para-hydroxylation sites is 1. The molecule has 0 aliphatic heterocycles. The number of amides is 1. The van der Waals surface area contributed by atoms with Crippen LogP contribution in [0.1, 0.15) is 33.3 Å². The Morgan fingerprint density at radius 2 is 1.58 bits per heavy atom. The average Bonchev–Trinajstić information content (AvgIpc) is 2.64. The fraction of sp³-hybridized carbons (Fsp3) is 0.0952. The zero-order valence-electron chi connectivity index (χ0n) is 14.6. The zero-order valence-corrected chi connectivity index (χ0v) is 14.6. The van der Waals surface area contributed by atoms with Gasteiger partial charge in [-0.2, -0.15) is 0 Å². The summed E-state index contributed by atoms with van der Waals surface area (Å²) in [6.07, 6.45) is 1.60. The second-order valence-electron chi connectivity index (χ2n) is 5.96. The molecule has 0 radical (unpaired) electrons. The summed E-state index contributed by atoms with van der Waals surface area (Å²) in [6.45, 7) is 3.47. The summed E-state index contributed by atoms with van der Waals surface area (Å²) in [6, 6.07) is 18.2. The van der Waals surface area contributed by atoms with Gasteiger partial charge in [0.15, 0.2) is 5.78 Å². The highest BCUT2D eigenvalue weighted by molar-refractivity contribution is 6.03. The summed E-state index contributed by atoms with van der Waals surface area (Å²) in [5, 5.41) is 6.05. The second kappa shape index (κ2) is 7.61. The number of hydrogen-bond donors (Lipinski definition) is 2. The van der Waals surface area contributed by atoms with Gasteiger partial charge in [0.05, 0.1) is 11.9 Å². The molecule has 0 aliphatic rings. The van der Waals surface area contributed by atoms with E-state index < -0.39 is 0 Å². The minimum atomic E-state index is -0.253. The van der Waals surface area contributed by atoms with E-state index >= 15 is 0 Å². The van der Waals surface area contributed by atoms with Crippen molar-refractivity contribution in [2.75, 3.05) is 10.6 Å². The second-order valence-corrected chi connectivity index (χ2v) is 5.96. The van der Waals surface area contributed by atoms with Crippen LogP contribution in [-0.4, -0.2) is 16.7 Å². The Morgan fingerprint density at radius 3 is 2.19 bits per heavy atom. The van der Waals surface area contributed by atoms with Gasteiger partial charge < -0.3 is 10.6 Å². The van der Waals surface area contributed by atoms with Gasteiger partial charge in [0.1, 0.15) is 5.69 Å². The van der Waals surface area contributed by atoms with Crippen molar-refractivity contribution in [2.24, 2.45) is 0 Å². The van der Waals surface area contributed by atoms with Crippen molar-refractivity contribution < 1.29 is 9.59 Å². The van der Waals surface area contributed by atoms with Gasteiger partial charge in [-0.3, -0.25) is 9.59 Å². The molecule has 2 aromatic carbocycles. The van der Waals surface area contributed by atoms with Crippen LogP contribution in [0, 0.1) is 6.92 Å². The number of carbonyl (C=O) groups excluding carboxylic acids is 2. The van der Waals surface area contributed by atoms with Crippen LogP contribution in [0.2, 0.25) is 0 Å². The van der Waals surface area contributed by atoms with Gasteiger partial charge in [0.2, 0.25) is 0 Å². The third-order valence-electron chi connectivity index (χ3n) is 3.97. The molecule has 3 aromatic rings. The van der Waals surface area contributed by atoms with Crippen molar-refractivity contribution in [1.82, 2.24) is 4.98 Å². The van der Waals surface area contributed by atoms with Gasteiger partial charge in [-0.15, -0.1) is 0 Å². The average molecular weight is 345 g/mol. The number of anilines is 3. The number of hydrogen-bond acceptors (Lipinski definition) is 4. The van der Waals surface area contributed by atoms with Gasteiger partial charge in [0, 0.05) is 16.9 Å². The summed E-state index contributed by atoms with van der Waals surface area (Å²) < 4.78 is 0. The van der Waals surface area contributed by atoms with Crippen LogP contribution in [-0.2, 0) is 0 Å². The maximum absolute atomic E-state index is 12.3. The molecule has 0 unspecified atom stereocenters. The lowest BCUT2D eigenvalue weighted by molar-refractivity contribution is 0.101. The normalized spacial score (nSPS) is 10.2. The van der Waals surface area contributed by atoms with Crippen molar-refractivity contribution in [1.29, 1.82) is 0 Å². The Morgan fingerprint density at radius 1 is 0.885 bits per heavy atom. The van der Waals surface area contributed by atoms with Crippen molar-refractivity contribution in [3.8, 4) is 0 Å². The Hall–Kier alpha value is -3.47. The number of benzene rings is 2. The molecule has 5 nitrogen and oxygen atoms in total. The molecule has 130 valence electrons. The molecule has 0 spiro atoms. The highest BCUT2D eigenvalue weighted by Gasteiger charge is 2.09. The van der Waals surface area contributed by atoms with E-state index in [1.54, 1.807) is 30.5 Å². The fourth-order valence-corrected chi connectivity index (χ4v) is 2.46. The number of aryl methyl sites for hydroxylation is 1. The van der Waals surface area contributed by atoms with Crippen LogP contribution >= 0.6 is 0 Å². The first kappa shape index (κ1) is 17.4. The lowest BCUT2D eigenvalue weighted by Gasteiger charge is -2.09. The van der Waals surface area contributed by atoms with E-state index in [0.717, 1.165) is 22.6 Å². The number of ketones is 1. The molecule has 0 bridgehead atoms. The first-order chi connectivity index (χ1) is 12.5. The third-order valence-corrected chi connectivity index (χ3v) is 3.97. The summed E-state index contributed by atoms with van der Waals surface area (Å²) >= 11 is 0. The van der Waals surface area contributed by atoms with E-state index in [-0.39, 0.29) is 11.7 Å². The number of pyridine rings is 1. The number of carbonyl (C=O) groups is 2. The molecule has 2 N–H and O–H groups in total. The van der Waals surface area contributed by atoms with Gasteiger partial charge in [-0.05, 0) is 61.9 Å². The maximum atomic E-state index is 12.3. The molecule has 1 aromatic heterocycles. The molecule has 0 aliphatic carbocycles. The monoisotopic (exact) mass is 345 g/mol. The van der Waals surface area contributed by atoms with Crippen LogP contribution in [0.5, 0.6) is 0 Å². The molecular formula is C21H19N3O2. The quantitative estimate of drug-likeness (QED) is 0.664. The smallest absolute Gasteiger partial charge is 0.274 e. The summed E-state index contributed by atoms with van der Waals surface area (Å²) in [7, 11) is 0. The predicted molar refractivity (Wildman–Crippen MR) is 103 cm³/mol. The van der Waals surface area contributed by atoms with E-state index in [1.165, 1.54) is 6.92 Å². The molecule has 26 heavy (non-hydrogen) atoms. The first-order valence-electron chi connectivity index (χ1n) is 8.24. The fourth-order valence-electron chi connectivity index (χ4n) is 2.46. The van der Waals surface area contributed by atoms with Crippen molar-refractivity contribution in [3.63, 3.8) is 0 Å². The Balaban J connectivity index is 1.67. The molecule has 1 heterocycles. The third kappa shape index (κ3) is 4.13. The Bertz CT molecular complexity index is 932. The Labute approximate surface area is 152 Å².